The van der Waals surface area contributed by atoms with Crippen LogP contribution in [0.4, 0.5) is 5.69 Å². The van der Waals surface area contributed by atoms with Crippen molar-refractivity contribution in [2.75, 3.05) is 24.2 Å². The van der Waals surface area contributed by atoms with E-state index in [2.05, 4.69) is 17.4 Å². The summed E-state index contributed by atoms with van der Waals surface area (Å²) in [5.41, 5.74) is 2.79. The molecule has 7 rings (SSSR count). The normalized spacial score (nSPS) is 26.4. The zero-order valence-corrected chi connectivity index (χ0v) is 27.9. The van der Waals surface area contributed by atoms with Gasteiger partial charge >= 0.3 is 0 Å². The molecular formula is C36H49N3O5S. The fraction of sp³-hybridized carbons (Fsp3) is 0.611. The summed E-state index contributed by atoms with van der Waals surface area (Å²) in [6, 6.07) is 14.7. The highest BCUT2D eigenvalue weighted by Crippen LogP contribution is 2.60. The average molecular weight is 636 g/mol. The topological polar surface area (TPSA) is 96.0 Å². The van der Waals surface area contributed by atoms with Crippen LogP contribution in [-0.2, 0) is 31.6 Å². The molecule has 1 atom stereocenters. The number of rotatable bonds is 12. The molecule has 0 heterocycles. The third kappa shape index (κ3) is 6.88. The van der Waals surface area contributed by atoms with Gasteiger partial charge in [0.15, 0.2) is 0 Å². The van der Waals surface area contributed by atoms with E-state index in [9.17, 15) is 18.0 Å². The van der Waals surface area contributed by atoms with Crippen molar-refractivity contribution < 1.29 is 22.7 Å². The first kappa shape index (κ1) is 31.9. The van der Waals surface area contributed by atoms with Crippen molar-refractivity contribution in [1.29, 1.82) is 0 Å². The number of carbonyl (C=O) groups excluding carboxylic acids is 2. The van der Waals surface area contributed by atoms with E-state index in [4.69, 9.17) is 4.74 Å². The van der Waals surface area contributed by atoms with Crippen molar-refractivity contribution in [2.45, 2.75) is 102 Å². The lowest BCUT2D eigenvalue weighted by Crippen LogP contribution is -2.53. The SMILES string of the molecule is CCC(C(=O)NC1CCCC1)N(Cc1cccc(OC)c1)C(=O)CN(c1ccc(C23CC4CC(CC(C4)C2)C3)cc1)S(C)(=O)=O. The number of methoxy groups -OCH3 is 1. The Balaban J connectivity index is 1.25. The molecule has 9 heteroatoms. The lowest BCUT2D eigenvalue weighted by atomic mass is 9.48. The summed E-state index contributed by atoms with van der Waals surface area (Å²) in [4.78, 5) is 29.3. The first-order valence-corrected chi connectivity index (χ1v) is 18.7. The molecule has 0 radical (unpaired) electrons. The molecule has 5 saturated carbocycles. The second kappa shape index (κ2) is 13.0. The number of hydrogen-bond acceptors (Lipinski definition) is 5. The number of hydrogen-bond donors (Lipinski definition) is 1. The third-order valence-electron chi connectivity index (χ3n) is 11.1. The van der Waals surface area contributed by atoms with Gasteiger partial charge in [-0.3, -0.25) is 13.9 Å². The van der Waals surface area contributed by atoms with Gasteiger partial charge < -0.3 is 15.0 Å². The van der Waals surface area contributed by atoms with Crippen molar-refractivity contribution in [3.05, 3.63) is 59.7 Å². The first-order valence-electron chi connectivity index (χ1n) is 16.9. The van der Waals surface area contributed by atoms with Gasteiger partial charge in [-0.05, 0) is 116 Å². The monoisotopic (exact) mass is 635 g/mol. The third-order valence-corrected chi connectivity index (χ3v) is 12.2. The van der Waals surface area contributed by atoms with Crippen LogP contribution in [0.2, 0.25) is 0 Å². The number of sulfonamides is 1. The Morgan fingerprint density at radius 3 is 2.16 bits per heavy atom. The molecule has 5 aliphatic rings. The van der Waals surface area contributed by atoms with E-state index in [0.29, 0.717) is 17.9 Å². The zero-order chi connectivity index (χ0) is 31.8. The van der Waals surface area contributed by atoms with Gasteiger partial charge in [0, 0.05) is 12.6 Å². The summed E-state index contributed by atoms with van der Waals surface area (Å²) in [5.74, 6) is 2.49. The van der Waals surface area contributed by atoms with E-state index >= 15 is 0 Å². The highest BCUT2D eigenvalue weighted by Gasteiger charge is 2.51. The Morgan fingerprint density at radius 1 is 0.978 bits per heavy atom. The largest absolute Gasteiger partial charge is 0.497 e. The van der Waals surface area contributed by atoms with Crippen LogP contribution in [0.15, 0.2) is 48.5 Å². The standard InChI is InChI=1S/C36H49N3O5S/c1-4-33(35(41)37-30-9-5-6-10-30)38(23-25-8-7-11-32(19-25)44-2)34(40)24-39(45(3,42)43)31-14-12-29(13-15-31)36-20-26-16-27(21-36)18-28(17-26)22-36/h7-8,11-15,19,26-28,30,33H,4-6,9-10,16-18,20-24H2,1-3H3,(H,37,41). The number of benzene rings is 2. The molecular weight excluding hydrogens is 586 g/mol. The molecule has 1 unspecified atom stereocenters. The Kier molecular flexibility index (Phi) is 9.19. The molecule has 1 N–H and O–H groups in total. The van der Waals surface area contributed by atoms with Crippen LogP contribution in [0.3, 0.4) is 0 Å². The number of nitrogens with one attached hydrogen (secondary N) is 1. The van der Waals surface area contributed by atoms with E-state index in [1.807, 2.05) is 43.3 Å². The second-order valence-corrected chi connectivity index (χ2v) is 16.2. The highest BCUT2D eigenvalue weighted by atomic mass is 32.2. The van der Waals surface area contributed by atoms with Gasteiger partial charge in [-0.1, -0.05) is 44.0 Å². The van der Waals surface area contributed by atoms with Crippen LogP contribution in [0.1, 0.15) is 88.7 Å². The Hall–Kier alpha value is -3.07. The van der Waals surface area contributed by atoms with Gasteiger partial charge in [0.2, 0.25) is 21.8 Å². The van der Waals surface area contributed by atoms with E-state index in [1.54, 1.807) is 12.0 Å². The minimum Gasteiger partial charge on any atom is -0.497 e. The van der Waals surface area contributed by atoms with Crippen LogP contribution in [-0.4, -0.2) is 57.1 Å². The molecule has 2 aromatic rings. The molecule has 0 spiro atoms. The number of amides is 2. The lowest BCUT2D eigenvalue weighted by Gasteiger charge is -2.57. The molecule has 2 aromatic carbocycles. The number of carbonyl (C=O) groups is 2. The summed E-state index contributed by atoms with van der Waals surface area (Å²) >= 11 is 0. The van der Waals surface area contributed by atoms with Gasteiger partial charge in [-0.2, -0.15) is 0 Å². The Labute approximate surface area is 268 Å². The maximum absolute atomic E-state index is 14.2. The number of ether oxygens (including phenoxy) is 1. The minimum absolute atomic E-state index is 0.111. The molecule has 8 nitrogen and oxygen atoms in total. The Bertz CT molecular complexity index is 1450. The maximum atomic E-state index is 14.2. The molecule has 4 bridgehead atoms. The van der Waals surface area contributed by atoms with Gasteiger partial charge in [-0.15, -0.1) is 0 Å². The molecule has 5 fully saturated rings. The fourth-order valence-electron chi connectivity index (χ4n) is 9.31. The summed E-state index contributed by atoms with van der Waals surface area (Å²) in [6.07, 6.45) is 13.4. The van der Waals surface area contributed by atoms with Gasteiger partial charge in [0.05, 0.1) is 19.1 Å². The average Bonchev–Trinajstić information content (AvgIpc) is 3.51. The van der Waals surface area contributed by atoms with Crippen molar-refractivity contribution in [3.63, 3.8) is 0 Å². The van der Waals surface area contributed by atoms with Gasteiger partial charge in [0.1, 0.15) is 18.3 Å². The van der Waals surface area contributed by atoms with E-state index in [-0.39, 0.29) is 30.5 Å². The first-order chi connectivity index (χ1) is 21.6. The smallest absolute Gasteiger partial charge is 0.244 e. The zero-order valence-electron chi connectivity index (χ0n) is 27.0. The van der Waals surface area contributed by atoms with E-state index in [1.165, 1.54) is 48.4 Å². The van der Waals surface area contributed by atoms with Gasteiger partial charge in [-0.25, -0.2) is 8.42 Å². The molecule has 0 aliphatic heterocycles. The number of nitrogens with zero attached hydrogens (tertiary/aromatic N) is 2. The quantitative estimate of drug-likeness (QED) is 0.318. The molecule has 0 saturated heterocycles. The fourth-order valence-corrected chi connectivity index (χ4v) is 10.2. The van der Waals surface area contributed by atoms with Crippen molar-refractivity contribution in [1.82, 2.24) is 10.2 Å². The summed E-state index contributed by atoms with van der Waals surface area (Å²) in [5, 5.41) is 3.16. The van der Waals surface area contributed by atoms with E-state index in [0.717, 1.165) is 55.3 Å². The lowest BCUT2D eigenvalue weighted by molar-refractivity contribution is -0.140. The molecule has 5 aliphatic carbocycles. The van der Waals surface area contributed by atoms with Crippen molar-refractivity contribution in [2.24, 2.45) is 17.8 Å². The number of anilines is 1. The van der Waals surface area contributed by atoms with E-state index < -0.39 is 22.0 Å². The summed E-state index contributed by atoms with van der Waals surface area (Å²) in [6.45, 7) is 1.67. The van der Waals surface area contributed by atoms with Crippen molar-refractivity contribution >= 4 is 27.5 Å². The predicted octanol–water partition coefficient (Wildman–Crippen LogP) is 5.80. The van der Waals surface area contributed by atoms with Crippen LogP contribution < -0.4 is 14.4 Å². The minimum atomic E-state index is -3.79. The predicted molar refractivity (Wildman–Crippen MR) is 177 cm³/mol. The van der Waals surface area contributed by atoms with Crippen molar-refractivity contribution in [3.8, 4) is 5.75 Å². The van der Waals surface area contributed by atoms with Crippen LogP contribution in [0.25, 0.3) is 0 Å². The van der Waals surface area contributed by atoms with Crippen LogP contribution in [0.5, 0.6) is 5.75 Å². The summed E-state index contributed by atoms with van der Waals surface area (Å²) < 4.78 is 33.0. The second-order valence-electron chi connectivity index (χ2n) is 14.3. The Morgan fingerprint density at radius 2 is 1.60 bits per heavy atom. The molecule has 244 valence electrons. The maximum Gasteiger partial charge on any atom is 0.244 e. The molecule has 45 heavy (non-hydrogen) atoms. The van der Waals surface area contributed by atoms with Gasteiger partial charge in [0.25, 0.3) is 0 Å². The van der Waals surface area contributed by atoms with Crippen LogP contribution >= 0.6 is 0 Å². The molecule has 2 amide bonds. The molecule has 0 aromatic heterocycles. The van der Waals surface area contributed by atoms with Crippen LogP contribution in [0, 0.1) is 17.8 Å². The summed E-state index contributed by atoms with van der Waals surface area (Å²) in [7, 11) is -2.21. The highest BCUT2D eigenvalue weighted by molar-refractivity contribution is 7.92.